The monoisotopic (exact) mass is 200 g/mol. The van der Waals surface area contributed by atoms with Crippen molar-refractivity contribution in [3.63, 3.8) is 0 Å². The molecule has 6 nitrogen and oxygen atoms in total. The standard InChI is InChI=1S/C8H12N2O2.H4N2/c11-7-9-5-3-1-2-4-6-10-8-12;1-2/h1-6H2;1-2H2. The van der Waals surface area contributed by atoms with Crippen molar-refractivity contribution in [2.75, 3.05) is 13.1 Å². The number of hydrazine groups is 1. The molecule has 0 aliphatic carbocycles. The molecule has 0 amide bonds. The van der Waals surface area contributed by atoms with Crippen LogP contribution in [0.2, 0.25) is 0 Å². The van der Waals surface area contributed by atoms with E-state index in [4.69, 9.17) is 0 Å². The van der Waals surface area contributed by atoms with Gasteiger partial charge in [0, 0.05) is 0 Å². The Morgan fingerprint density at radius 2 is 1.14 bits per heavy atom. The molecule has 0 aromatic rings. The molecule has 0 fully saturated rings. The minimum Gasteiger partial charge on any atom is -0.274 e. The molecular weight excluding hydrogens is 184 g/mol. The molecule has 80 valence electrons. The van der Waals surface area contributed by atoms with Gasteiger partial charge < -0.3 is 0 Å². The van der Waals surface area contributed by atoms with Crippen LogP contribution in [0.1, 0.15) is 25.7 Å². The summed E-state index contributed by atoms with van der Waals surface area (Å²) >= 11 is 0. The number of aliphatic imine (C=N–C) groups is 2. The lowest BCUT2D eigenvalue weighted by molar-refractivity contribution is 0.558. The third kappa shape index (κ3) is 17.0. The summed E-state index contributed by atoms with van der Waals surface area (Å²) < 4.78 is 0. The summed E-state index contributed by atoms with van der Waals surface area (Å²) in [5, 5.41) is 0. The Kier molecular flexibility index (Phi) is 19.2. The van der Waals surface area contributed by atoms with E-state index in [-0.39, 0.29) is 0 Å². The molecule has 0 aromatic carbocycles. The van der Waals surface area contributed by atoms with Crippen LogP contribution < -0.4 is 11.7 Å². The maximum Gasteiger partial charge on any atom is 0.234 e. The number of unbranched alkanes of at least 4 members (excludes halogenated alkanes) is 3. The molecule has 0 saturated carbocycles. The van der Waals surface area contributed by atoms with E-state index in [1.54, 1.807) is 0 Å². The lowest BCUT2D eigenvalue weighted by atomic mass is 10.2. The van der Waals surface area contributed by atoms with Gasteiger partial charge in [-0.1, -0.05) is 12.8 Å². The smallest absolute Gasteiger partial charge is 0.234 e. The Morgan fingerprint density at radius 3 is 1.43 bits per heavy atom. The molecule has 0 heterocycles. The van der Waals surface area contributed by atoms with E-state index in [9.17, 15) is 9.59 Å². The lowest BCUT2D eigenvalue weighted by Gasteiger charge is -1.93. The summed E-state index contributed by atoms with van der Waals surface area (Å²) in [7, 11) is 0. The molecule has 0 unspecified atom stereocenters. The average molecular weight is 200 g/mol. The van der Waals surface area contributed by atoms with Gasteiger partial charge in [-0.2, -0.15) is 0 Å². The second kappa shape index (κ2) is 17.7. The number of nitrogens with two attached hydrogens (primary N) is 2. The van der Waals surface area contributed by atoms with Crippen LogP contribution in [0.3, 0.4) is 0 Å². The van der Waals surface area contributed by atoms with Gasteiger partial charge in [-0.05, 0) is 12.8 Å². The number of hydrogen-bond donors (Lipinski definition) is 2. The van der Waals surface area contributed by atoms with Crippen molar-refractivity contribution in [3.05, 3.63) is 0 Å². The van der Waals surface area contributed by atoms with Crippen LogP contribution in [-0.2, 0) is 9.59 Å². The molecule has 0 radical (unpaired) electrons. The summed E-state index contributed by atoms with van der Waals surface area (Å²) in [5.41, 5.74) is 0. The maximum atomic E-state index is 9.63. The van der Waals surface area contributed by atoms with E-state index >= 15 is 0 Å². The molecule has 0 spiro atoms. The molecule has 6 heteroatoms. The largest absolute Gasteiger partial charge is 0.274 e. The molecule has 0 aromatic heterocycles. The highest BCUT2D eigenvalue weighted by Gasteiger charge is 1.87. The molecular formula is C8H16N4O2. The number of hydrogen-bond acceptors (Lipinski definition) is 6. The quantitative estimate of drug-likeness (QED) is 0.198. The summed E-state index contributed by atoms with van der Waals surface area (Å²) in [6.45, 7) is 1.11. The van der Waals surface area contributed by atoms with Crippen LogP contribution in [0.15, 0.2) is 9.98 Å². The van der Waals surface area contributed by atoms with Crippen molar-refractivity contribution >= 4 is 12.2 Å². The van der Waals surface area contributed by atoms with E-state index in [1.807, 2.05) is 0 Å². The fourth-order valence-electron chi connectivity index (χ4n) is 0.827. The van der Waals surface area contributed by atoms with Gasteiger partial charge in [0.2, 0.25) is 12.2 Å². The van der Waals surface area contributed by atoms with Crippen molar-refractivity contribution in [1.82, 2.24) is 0 Å². The minimum atomic E-state index is 0.556. The van der Waals surface area contributed by atoms with Crippen molar-refractivity contribution in [3.8, 4) is 0 Å². The normalized spacial score (nSPS) is 7.57. The van der Waals surface area contributed by atoms with Gasteiger partial charge in [-0.15, -0.1) is 0 Å². The van der Waals surface area contributed by atoms with Crippen LogP contribution >= 0.6 is 0 Å². The molecule has 0 aliphatic heterocycles. The second-order valence-electron chi connectivity index (χ2n) is 2.36. The number of isocyanates is 2. The highest BCUT2D eigenvalue weighted by atomic mass is 16.1. The first kappa shape index (κ1) is 15.2. The molecule has 0 saturated heterocycles. The Labute approximate surface area is 83.1 Å². The highest BCUT2D eigenvalue weighted by molar-refractivity contribution is 5.32. The van der Waals surface area contributed by atoms with Crippen LogP contribution in [-0.4, -0.2) is 25.2 Å². The van der Waals surface area contributed by atoms with Crippen molar-refractivity contribution in [1.29, 1.82) is 0 Å². The van der Waals surface area contributed by atoms with E-state index in [0.29, 0.717) is 13.1 Å². The van der Waals surface area contributed by atoms with Crippen molar-refractivity contribution in [2.45, 2.75) is 25.7 Å². The fourth-order valence-corrected chi connectivity index (χ4v) is 0.827. The van der Waals surface area contributed by atoms with E-state index in [0.717, 1.165) is 25.7 Å². The molecule has 0 atom stereocenters. The zero-order valence-electron chi connectivity index (χ0n) is 8.11. The number of nitrogens with zero attached hydrogens (tertiary/aromatic N) is 2. The Morgan fingerprint density at radius 1 is 0.786 bits per heavy atom. The summed E-state index contributed by atoms with van der Waals surface area (Å²) in [5.74, 6) is 8.00. The third-order valence-corrected chi connectivity index (χ3v) is 1.42. The van der Waals surface area contributed by atoms with Crippen LogP contribution in [0.5, 0.6) is 0 Å². The van der Waals surface area contributed by atoms with Crippen molar-refractivity contribution in [2.24, 2.45) is 21.7 Å². The highest BCUT2D eigenvalue weighted by Crippen LogP contribution is 1.99. The molecule has 0 bridgehead atoms. The SMILES string of the molecule is NN.O=C=NCCCCCCN=C=O. The fraction of sp³-hybridized carbons (Fsp3) is 0.750. The topological polar surface area (TPSA) is 111 Å². The summed E-state index contributed by atoms with van der Waals surface area (Å²) in [4.78, 5) is 26.1. The zero-order valence-corrected chi connectivity index (χ0v) is 8.11. The van der Waals surface area contributed by atoms with Crippen LogP contribution in [0.4, 0.5) is 0 Å². The van der Waals surface area contributed by atoms with E-state index in [2.05, 4.69) is 21.7 Å². The first-order valence-electron chi connectivity index (χ1n) is 4.32. The molecule has 0 aliphatic rings. The van der Waals surface area contributed by atoms with Gasteiger partial charge in [0.25, 0.3) is 0 Å². The minimum absolute atomic E-state index is 0.556. The van der Waals surface area contributed by atoms with Gasteiger partial charge in [-0.25, -0.2) is 19.6 Å². The second-order valence-corrected chi connectivity index (χ2v) is 2.36. The summed E-state index contributed by atoms with van der Waals surface area (Å²) in [6, 6.07) is 0. The Balaban J connectivity index is 0. The predicted molar refractivity (Wildman–Crippen MR) is 52.8 cm³/mol. The molecule has 4 N–H and O–H groups in total. The third-order valence-electron chi connectivity index (χ3n) is 1.42. The molecule has 0 rings (SSSR count). The average Bonchev–Trinajstić information content (AvgIpc) is 2.25. The van der Waals surface area contributed by atoms with Gasteiger partial charge >= 0.3 is 0 Å². The van der Waals surface area contributed by atoms with E-state index in [1.165, 1.54) is 12.2 Å². The lowest BCUT2D eigenvalue weighted by Crippen LogP contribution is -2.02. The predicted octanol–water partition coefficient (Wildman–Crippen LogP) is 0.0372. The zero-order chi connectivity index (χ0) is 11.1. The van der Waals surface area contributed by atoms with Gasteiger partial charge in [-0.3, -0.25) is 11.7 Å². The first-order chi connectivity index (χ1) is 6.91. The van der Waals surface area contributed by atoms with Crippen LogP contribution in [0.25, 0.3) is 0 Å². The molecule has 14 heavy (non-hydrogen) atoms. The Bertz CT molecular complexity index is 174. The van der Waals surface area contributed by atoms with Gasteiger partial charge in [0.15, 0.2) is 0 Å². The van der Waals surface area contributed by atoms with E-state index < -0.39 is 0 Å². The number of rotatable bonds is 7. The summed E-state index contributed by atoms with van der Waals surface area (Å²) in [6.07, 6.45) is 6.80. The van der Waals surface area contributed by atoms with Gasteiger partial charge in [0.05, 0.1) is 13.1 Å². The number of carbonyl (C=O) groups excluding carboxylic acids is 2. The van der Waals surface area contributed by atoms with Crippen LogP contribution in [0, 0.1) is 0 Å². The maximum absolute atomic E-state index is 9.63. The Hall–Kier alpha value is -1.32. The van der Waals surface area contributed by atoms with Crippen molar-refractivity contribution < 1.29 is 9.59 Å². The first-order valence-corrected chi connectivity index (χ1v) is 4.32. The van der Waals surface area contributed by atoms with Gasteiger partial charge in [0.1, 0.15) is 0 Å².